The molecule has 0 aromatic carbocycles. The molecule has 0 saturated carbocycles. The van der Waals surface area contributed by atoms with Crippen LogP contribution in [0.5, 0.6) is 0 Å². The molecule has 1 N–H and O–H groups in total. The lowest BCUT2D eigenvalue weighted by Gasteiger charge is -2.11. The number of nitrogens with zero attached hydrogens (tertiary/aromatic N) is 1. The van der Waals surface area contributed by atoms with Crippen LogP contribution in [0.15, 0.2) is 23.4 Å². The highest BCUT2D eigenvalue weighted by atomic mass is 32.2. The number of rotatable bonds is 5. The minimum absolute atomic E-state index is 0.314. The first kappa shape index (κ1) is 14.3. The monoisotopic (exact) mass is 264 g/mol. The second-order valence-corrected chi connectivity index (χ2v) is 4.69. The average molecular weight is 264 g/mol. The van der Waals surface area contributed by atoms with E-state index in [-0.39, 0.29) is 0 Å². The van der Waals surface area contributed by atoms with Gasteiger partial charge in [-0.25, -0.2) is 4.98 Å². The molecule has 0 fully saturated rings. The zero-order valence-electron chi connectivity index (χ0n) is 9.71. The van der Waals surface area contributed by atoms with Crippen LogP contribution in [0, 0.1) is 0 Å². The second kappa shape index (κ2) is 6.26. The lowest BCUT2D eigenvalue weighted by atomic mass is 10.3. The standard InChI is InChI=1S/C11H15F3N2S/c1-3-15-8(2)7-17-10-5-4-9(6-16-10)11(12,13)14/h4-6,8,15H,3,7H2,1-2H3. The second-order valence-electron chi connectivity index (χ2n) is 3.65. The van der Waals surface area contributed by atoms with Crippen molar-refractivity contribution in [2.24, 2.45) is 0 Å². The van der Waals surface area contributed by atoms with Crippen LogP contribution < -0.4 is 5.32 Å². The quantitative estimate of drug-likeness (QED) is 0.827. The Kier molecular flexibility index (Phi) is 5.27. The summed E-state index contributed by atoms with van der Waals surface area (Å²) in [6, 6.07) is 2.79. The van der Waals surface area contributed by atoms with Crippen LogP contribution in [0.25, 0.3) is 0 Å². The summed E-state index contributed by atoms with van der Waals surface area (Å²) in [6.45, 7) is 4.92. The lowest BCUT2D eigenvalue weighted by molar-refractivity contribution is -0.137. The predicted molar refractivity (Wildman–Crippen MR) is 63.1 cm³/mol. The summed E-state index contributed by atoms with van der Waals surface area (Å²) in [4.78, 5) is 3.79. The summed E-state index contributed by atoms with van der Waals surface area (Å²) in [5.74, 6) is 0.784. The van der Waals surface area contributed by atoms with Gasteiger partial charge in [-0.3, -0.25) is 0 Å². The number of alkyl halides is 3. The lowest BCUT2D eigenvalue weighted by Crippen LogP contribution is -2.27. The van der Waals surface area contributed by atoms with Crippen molar-refractivity contribution in [1.82, 2.24) is 10.3 Å². The van der Waals surface area contributed by atoms with Gasteiger partial charge in [-0.05, 0) is 25.6 Å². The molecule has 17 heavy (non-hydrogen) atoms. The predicted octanol–water partition coefficient (Wildman–Crippen LogP) is 3.19. The number of pyridine rings is 1. The molecule has 0 spiro atoms. The van der Waals surface area contributed by atoms with E-state index in [1.807, 2.05) is 13.8 Å². The maximum absolute atomic E-state index is 12.3. The summed E-state index contributed by atoms with van der Waals surface area (Å²) in [7, 11) is 0. The molecule has 1 aromatic heterocycles. The largest absolute Gasteiger partial charge is 0.417 e. The van der Waals surface area contributed by atoms with E-state index >= 15 is 0 Å². The highest BCUT2D eigenvalue weighted by Gasteiger charge is 2.30. The van der Waals surface area contributed by atoms with E-state index in [9.17, 15) is 13.2 Å². The molecule has 1 atom stereocenters. The van der Waals surface area contributed by atoms with Crippen LogP contribution in [-0.4, -0.2) is 23.3 Å². The van der Waals surface area contributed by atoms with Crippen LogP contribution in [-0.2, 0) is 6.18 Å². The summed E-state index contributed by atoms with van der Waals surface area (Å²) in [5, 5.41) is 3.84. The summed E-state index contributed by atoms with van der Waals surface area (Å²) < 4.78 is 36.8. The Hall–Kier alpha value is -0.750. The van der Waals surface area contributed by atoms with Crippen LogP contribution in [0.4, 0.5) is 13.2 Å². The Labute approximate surface area is 103 Å². The third kappa shape index (κ3) is 4.95. The molecule has 1 heterocycles. The molecule has 96 valence electrons. The van der Waals surface area contributed by atoms with Gasteiger partial charge in [-0.2, -0.15) is 13.2 Å². The van der Waals surface area contributed by atoms with Crippen molar-refractivity contribution in [3.63, 3.8) is 0 Å². The molecule has 2 nitrogen and oxygen atoms in total. The fourth-order valence-electron chi connectivity index (χ4n) is 1.25. The number of hydrogen-bond donors (Lipinski definition) is 1. The average Bonchev–Trinajstić information content (AvgIpc) is 2.26. The van der Waals surface area contributed by atoms with Gasteiger partial charge in [0.2, 0.25) is 0 Å². The van der Waals surface area contributed by atoms with Crippen molar-refractivity contribution in [3.8, 4) is 0 Å². The van der Waals surface area contributed by atoms with Crippen LogP contribution in [0.2, 0.25) is 0 Å². The normalized spacial score (nSPS) is 13.7. The van der Waals surface area contributed by atoms with Gasteiger partial charge >= 0.3 is 6.18 Å². The zero-order chi connectivity index (χ0) is 12.9. The third-order valence-corrected chi connectivity index (χ3v) is 3.30. The number of aromatic nitrogens is 1. The molecule has 0 saturated heterocycles. The molecule has 0 aliphatic heterocycles. The van der Waals surface area contributed by atoms with Gasteiger partial charge in [0, 0.05) is 18.0 Å². The van der Waals surface area contributed by atoms with Crippen molar-refractivity contribution in [1.29, 1.82) is 0 Å². The molecule has 0 aliphatic rings. The van der Waals surface area contributed by atoms with Crippen LogP contribution in [0.1, 0.15) is 19.4 Å². The molecule has 1 rings (SSSR count). The zero-order valence-corrected chi connectivity index (χ0v) is 10.5. The maximum atomic E-state index is 12.3. The van der Waals surface area contributed by atoms with E-state index in [0.717, 1.165) is 24.6 Å². The van der Waals surface area contributed by atoms with Gasteiger partial charge in [-0.1, -0.05) is 6.92 Å². The van der Waals surface area contributed by atoms with Crippen molar-refractivity contribution in [3.05, 3.63) is 23.9 Å². The van der Waals surface area contributed by atoms with Crippen molar-refractivity contribution < 1.29 is 13.2 Å². The molecule has 0 radical (unpaired) electrons. The van der Waals surface area contributed by atoms with Crippen molar-refractivity contribution >= 4 is 11.8 Å². The van der Waals surface area contributed by atoms with E-state index in [2.05, 4.69) is 10.3 Å². The van der Waals surface area contributed by atoms with Crippen LogP contribution >= 0.6 is 11.8 Å². The first-order valence-corrected chi connectivity index (χ1v) is 6.31. The smallest absolute Gasteiger partial charge is 0.314 e. The van der Waals surface area contributed by atoms with E-state index < -0.39 is 11.7 Å². The summed E-state index contributed by atoms with van der Waals surface area (Å²) in [5.41, 5.74) is -0.707. The van der Waals surface area contributed by atoms with Gasteiger partial charge in [-0.15, -0.1) is 11.8 Å². The Morgan fingerprint density at radius 3 is 2.59 bits per heavy atom. The molecule has 6 heteroatoms. The molecular formula is C11H15F3N2S. The van der Waals surface area contributed by atoms with Gasteiger partial charge in [0.25, 0.3) is 0 Å². The first-order chi connectivity index (χ1) is 7.93. The number of halogens is 3. The molecule has 0 aliphatic carbocycles. The van der Waals surface area contributed by atoms with Crippen molar-refractivity contribution in [2.45, 2.75) is 31.1 Å². The summed E-state index contributed by atoms with van der Waals surface area (Å²) in [6.07, 6.45) is -3.44. The third-order valence-electron chi connectivity index (χ3n) is 2.10. The fraction of sp³-hybridized carbons (Fsp3) is 0.545. The van der Waals surface area contributed by atoms with E-state index in [4.69, 9.17) is 0 Å². The number of nitrogens with one attached hydrogen (secondary N) is 1. The number of thioether (sulfide) groups is 1. The topological polar surface area (TPSA) is 24.9 Å². The van der Waals surface area contributed by atoms with E-state index in [1.165, 1.54) is 17.8 Å². The van der Waals surface area contributed by atoms with Gasteiger partial charge in [0.1, 0.15) is 0 Å². The highest BCUT2D eigenvalue weighted by molar-refractivity contribution is 7.99. The SMILES string of the molecule is CCNC(C)CSc1ccc(C(F)(F)F)cn1. The van der Waals surface area contributed by atoms with Crippen molar-refractivity contribution in [2.75, 3.05) is 12.3 Å². The van der Waals surface area contributed by atoms with E-state index in [1.54, 1.807) is 0 Å². The van der Waals surface area contributed by atoms with Gasteiger partial charge < -0.3 is 5.32 Å². The van der Waals surface area contributed by atoms with Gasteiger partial charge in [0.15, 0.2) is 0 Å². The van der Waals surface area contributed by atoms with Gasteiger partial charge in [0.05, 0.1) is 10.6 Å². The van der Waals surface area contributed by atoms with E-state index in [0.29, 0.717) is 11.1 Å². The number of hydrogen-bond acceptors (Lipinski definition) is 3. The first-order valence-electron chi connectivity index (χ1n) is 5.33. The molecule has 0 bridgehead atoms. The Bertz CT molecular complexity index is 338. The molecule has 1 unspecified atom stereocenters. The Balaban J connectivity index is 2.51. The Morgan fingerprint density at radius 1 is 1.41 bits per heavy atom. The highest BCUT2D eigenvalue weighted by Crippen LogP contribution is 2.29. The minimum atomic E-state index is -4.31. The fourth-order valence-corrected chi connectivity index (χ4v) is 2.08. The van der Waals surface area contributed by atoms with Crippen LogP contribution in [0.3, 0.4) is 0 Å². The minimum Gasteiger partial charge on any atom is -0.314 e. The maximum Gasteiger partial charge on any atom is 0.417 e. The summed E-state index contributed by atoms with van der Waals surface area (Å²) >= 11 is 1.45. The molecule has 0 amide bonds. The Morgan fingerprint density at radius 2 is 2.12 bits per heavy atom. The molecular weight excluding hydrogens is 249 g/mol. The molecule has 1 aromatic rings.